The summed E-state index contributed by atoms with van der Waals surface area (Å²) in [6.45, 7) is 8.18. The minimum Gasteiger partial charge on any atom is -0.496 e. The third-order valence-corrected chi connectivity index (χ3v) is 3.05. The molecule has 0 spiro atoms. The van der Waals surface area contributed by atoms with Gasteiger partial charge in [-0.15, -0.1) is 0 Å². The van der Waals surface area contributed by atoms with Gasteiger partial charge in [0, 0.05) is 11.6 Å². The normalized spacial score (nSPS) is 13.6. The fourth-order valence-electron chi connectivity index (χ4n) is 2.44. The number of hydrogen-bond donors (Lipinski definition) is 2. The number of methoxy groups -OCH3 is 1. The van der Waals surface area contributed by atoms with E-state index in [0.29, 0.717) is 0 Å². The largest absolute Gasteiger partial charge is 0.496 e. The molecule has 0 aliphatic heterocycles. The molecule has 17 heavy (non-hydrogen) atoms. The second kappa shape index (κ2) is 5.07. The van der Waals surface area contributed by atoms with E-state index in [1.54, 1.807) is 7.11 Å². The van der Waals surface area contributed by atoms with Crippen molar-refractivity contribution in [1.29, 1.82) is 0 Å². The van der Waals surface area contributed by atoms with E-state index >= 15 is 0 Å². The van der Waals surface area contributed by atoms with Crippen molar-refractivity contribution in [2.75, 3.05) is 14.2 Å². The molecule has 1 atom stereocenters. The van der Waals surface area contributed by atoms with Crippen molar-refractivity contribution in [3.05, 3.63) is 28.8 Å². The van der Waals surface area contributed by atoms with Gasteiger partial charge in [0.1, 0.15) is 5.75 Å². The highest BCUT2D eigenvalue weighted by molar-refractivity contribution is 5.44. The number of ether oxygens (including phenoxy) is 1. The van der Waals surface area contributed by atoms with Gasteiger partial charge in [-0.2, -0.15) is 0 Å². The van der Waals surface area contributed by atoms with Crippen LogP contribution in [0.5, 0.6) is 5.75 Å². The van der Waals surface area contributed by atoms with E-state index in [1.165, 1.54) is 5.56 Å². The van der Waals surface area contributed by atoms with Crippen LogP contribution in [0.3, 0.4) is 0 Å². The highest BCUT2D eigenvalue weighted by Crippen LogP contribution is 2.30. The molecular formula is C14H24N2O. The van der Waals surface area contributed by atoms with Crippen LogP contribution in [0, 0.1) is 13.8 Å². The van der Waals surface area contributed by atoms with Crippen LogP contribution < -0.4 is 15.8 Å². The van der Waals surface area contributed by atoms with Crippen molar-refractivity contribution in [2.24, 2.45) is 5.73 Å². The fraction of sp³-hybridized carbons (Fsp3) is 0.571. The number of rotatable bonds is 4. The average molecular weight is 236 g/mol. The quantitative estimate of drug-likeness (QED) is 0.843. The molecule has 3 nitrogen and oxygen atoms in total. The monoisotopic (exact) mass is 236 g/mol. The molecule has 0 amide bonds. The molecule has 1 rings (SSSR count). The van der Waals surface area contributed by atoms with Crippen LogP contribution in [0.25, 0.3) is 0 Å². The minimum atomic E-state index is -0.303. The van der Waals surface area contributed by atoms with Gasteiger partial charge in [0.05, 0.1) is 7.11 Å². The SMILES string of the molecule is CNC(c1cc(C)c(OC)c(C)c1)C(C)(C)N. The van der Waals surface area contributed by atoms with Gasteiger partial charge in [-0.1, -0.05) is 12.1 Å². The van der Waals surface area contributed by atoms with Gasteiger partial charge in [-0.25, -0.2) is 0 Å². The van der Waals surface area contributed by atoms with E-state index in [2.05, 4.69) is 31.3 Å². The first-order chi connectivity index (χ1) is 7.81. The minimum absolute atomic E-state index is 0.130. The molecule has 96 valence electrons. The highest BCUT2D eigenvalue weighted by atomic mass is 16.5. The number of nitrogens with two attached hydrogens (primary N) is 1. The second-order valence-electron chi connectivity index (χ2n) is 5.23. The zero-order chi connectivity index (χ0) is 13.2. The topological polar surface area (TPSA) is 47.3 Å². The summed E-state index contributed by atoms with van der Waals surface area (Å²) >= 11 is 0. The van der Waals surface area contributed by atoms with Crippen molar-refractivity contribution in [3.8, 4) is 5.75 Å². The first-order valence-electron chi connectivity index (χ1n) is 5.92. The van der Waals surface area contributed by atoms with E-state index in [9.17, 15) is 0 Å². The third kappa shape index (κ3) is 2.99. The molecular weight excluding hydrogens is 212 g/mol. The zero-order valence-corrected chi connectivity index (χ0v) is 11.7. The van der Waals surface area contributed by atoms with Gasteiger partial charge in [-0.3, -0.25) is 0 Å². The van der Waals surface area contributed by atoms with Gasteiger partial charge < -0.3 is 15.8 Å². The summed E-state index contributed by atoms with van der Waals surface area (Å²) in [7, 11) is 3.64. The van der Waals surface area contributed by atoms with Crippen LogP contribution >= 0.6 is 0 Å². The van der Waals surface area contributed by atoms with E-state index in [0.717, 1.165) is 16.9 Å². The lowest BCUT2D eigenvalue weighted by Crippen LogP contribution is -2.45. The number of nitrogens with one attached hydrogen (secondary N) is 1. The van der Waals surface area contributed by atoms with Crippen LogP contribution in [-0.2, 0) is 0 Å². The summed E-state index contributed by atoms with van der Waals surface area (Å²) in [5, 5.41) is 3.28. The van der Waals surface area contributed by atoms with Crippen molar-refractivity contribution in [3.63, 3.8) is 0 Å². The molecule has 0 heterocycles. The number of aryl methyl sites for hydroxylation is 2. The van der Waals surface area contributed by atoms with Crippen molar-refractivity contribution >= 4 is 0 Å². The molecule has 1 aromatic rings. The molecule has 0 fully saturated rings. The van der Waals surface area contributed by atoms with Crippen LogP contribution in [-0.4, -0.2) is 19.7 Å². The van der Waals surface area contributed by atoms with Crippen LogP contribution in [0.1, 0.15) is 36.6 Å². The average Bonchev–Trinajstić information content (AvgIpc) is 2.15. The number of benzene rings is 1. The van der Waals surface area contributed by atoms with Gasteiger partial charge in [0.25, 0.3) is 0 Å². The summed E-state index contributed by atoms with van der Waals surface area (Å²) in [4.78, 5) is 0. The Hall–Kier alpha value is -1.06. The molecule has 3 heteroatoms. The Morgan fingerprint density at radius 1 is 1.24 bits per heavy atom. The molecule has 3 N–H and O–H groups in total. The first kappa shape index (κ1) is 14.0. The summed E-state index contributed by atoms with van der Waals surface area (Å²) in [6, 6.07) is 4.41. The van der Waals surface area contributed by atoms with Gasteiger partial charge >= 0.3 is 0 Å². The maximum Gasteiger partial charge on any atom is 0.124 e. The maximum atomic E-state index is 6.20. The predicted octanol–water partition coefficient (Wildman–Crippen LogP) is 2.31. The zero-order valence-electron chi connectivity index (χ0n) is 11.7. The summed E-state index contributed by atoms with van der Waals surface area (Å²) < 4.78 is 5.38. The van der Waals surface area contributed by atoms with E-state index in [1.807, 2.05) is 20.9 Å². The first-order valence-corrected chi connectivity index (χ1v) is 5.92. The van der Waals surface area contributed by atoms with Gasteiger partial charge in [0.15, 0.2) is 0 Å². The van der Waals surface area contributed by atoms with Crippen molar-refractivity contribution in [2.45, 2.75) is 39.3 Å². The van der Waals surface area contributed by atoms with E-state index in [4.69, 9.17) is 10.5 Å². The Balaban J connectivity index is 3.24. The van der Waals surface area contributed by atoms with E-state index in [-0.39, 0.29) is 11.6 Å². The standard InChI is InChI=1S/C14H24N2O/c1-9-7-11(8-10(2)12(9)17-6)13(16-5)14(3,4)15/h7-8,13,16H,15H2,1-6H3. The lowest BCUT2D eigenvalue weighted by molar-refractivity contribution is 0.368. The Kier molecular flexibility index (Phi) is 4.17. The fourth-order valence-corrected chi connectivity index (χ4v) is 2.44. The number of likely N-dealkylation sites (N-methyl/N-ethyl adjacent to an activating group) is 1. The molecule has 1 unspecified atom stereocenters. The van der Waals surface area contributed by atoms with Crippen LogP contribution in [0.4, 0.5) is 0 Å². The molecule has 0 aromatic heterocycles. The smallest absolute Gasteiger partial charge is 0.124 e. The Bertz CT molecular complexity index is 371. The summed E-state index contributed by atoms with van der Waals surface area (Å²) in [6.07, 6.45) is 0. The Labute approximate surface area is 104 Å². The molecule has 0 saturated heterocycles. The predicted molar refractivity (Wildman–Crippen MR) is 72.5 cm³/mol. The highest BCUT2D eigenvalue weighted by Gasteiger charge is 2.26. The molecule has 0 aliphatic rings. The molecule has 0 aliphatic carbocycles. The lowest BCUT2D eigenvalue weighted by atomic mass is 9.88. The maximum absolute atomic E-state index is 6.20. The van der Waals surface area contributed by atoms with E-state index < -0.39 is 0 Å². The molecule has 1 aromatic carbocycles. The Morgan fingerprint density at radius 3 is 2.00 bits per heavy atom. The lowest BCUT2D eigenvalue weighted by Gasteiger charge is -2.31. The van der Waals surface area contributed by atoms with Gasteiger partial charge in [0.2, 0.25) is 0 Å². The Morgan fingerprint density at radius 2 is 1.71 bits per heavy atom. The third-order valence-electron chi connectivity index (χ3n) is 3.05. The molecule has 0 radical (unpaired) electrons. The van der Waals surface area contributed by atoms with Crippen LogP contribution in [0.2, 0.25) is 0 Å². The second-order valence-corrected chi connectivity index (χ2v) is 5.23. The molecule has 0 bridgehead atoms. The summed E-state index contributed by atoms with van der Waals surface area (Å²) in [5.74, 6) is 0.957. The number of hydrogen-bond acceptors (Lipinski definition) is 3. The molecule has 0 saturated carbocycles. The van der Waals surface area contributed by atoms with Crippen molar-refractivity contribution in [1.82, 2.24) is 5.32 Å². The van der Waals surface area contributed by atoms with Gasteiger partial charge in [-0.05, 0) is 51.4 Å². The summed E-state index contributed by atoms with van der Waals surface area (Å²) in [5.41, 5.74) is 9.39. The van der Waals surface area contributed by atoms with Crippen molar-refractivity contribution < 1.29 is 4.74 Å². The van der Waals surface area contributed by atoms with Crippen LogP contribution in [0.15, 0.2) is 12.1 Å².